The Morgan fingerprint density at radius 1 is 0.966 bits per heavy atom. The monoisotopic (exact) mass is 424 g/mol. The molecule has 4 nitrogen and oxygen atoms in total. The summed E-state index contributed by atoms with van der Waals surface area (Å²) < 4.78 is 5.43. The molecule has 29 heavy (non-hydrogen) atoms. The van der Waals surface area contributed by atoms with Gasteiger partial charge in [0, 0.05) is 10.6 Å². The van der Waals surface area contributed by atoms with Crippen molar-refractivity contribution in [3.05, 3.63) is 106 Å². The maximum Gasteiger partial charge on any atom is 0.277 e. The number of halogens is 2. The lowest BCUT2D eigenvalue weighted by Crippen LogP contribution is -2.25. The normalized spacial score (nSPS) is 11.4. The Hall–Kier alpha value is -3.08. The number of carbonyl (C=O) groups excluding carboxylic acids is 1. The highest BCUT2D eigenvalue weighted by Crippen LogP contribution is 2.27. The largest absolute Gasteiger partial charge is 0.482 e. The zero-order valence-electron chi connectivity index (χ0n) is 15.4. The van der Waals surface area contributed by atoms with Gasteiger partial charge in [0.05, 0.1) is 10.7 Å². The van der Waals surface area contributed by atoms with Crippen molar-refractivity contribution >= 4 is 40.9 Å². The summed E-state index contributed by atoms with van der Waals surface area (Å²) in [5.74, 6) is -0.0278. The minimum atomic E-state index is -0.405. The van der Waals surface area contributed by atoms with Crippen LogP contribution in [0.15, 0.2) is 90.0 Å². The Bertz CT molecular complexity index is 1020. The number of hydrazone groups is 1. The Morgan fingerprint density at radius 3 is 2.34 bits per heavy atom. The SMILES string of the molecule is O=C(COc1ccc(Cl)cc1Cl)N/N=C(\C=C\c1ccccc1)c1ccccc1. The summed E-state index contributed by atoms with van der Waals surface area (Å²) >= 11 is 11.9. The van der Waals surface area contributed by atoms with E-state index in [0.717, 1.165) is 11.1 Å². The molecule has 3 aromatic rings. The molecule has 0 atom stereocenters. The molecule has 0 bridgehead atoms. The molecule has 3 rings (SSSR count). The molecule has 6 heteroatoms. The van der Waals surface area contributed by atoms with E-state index in [0.29, 0.717) is 21.5 Å². The molecule has 0 saturated carbocycles. The quantitative estimate of drug-likeness (QED) is 0.395. The molecule has 1 amide bonds. The van der Waals surface area contributed by atoms with Gasteiger partial charge in [-0.05, 0) is 29.8 Å². The van der Waals surface area contributed by atoms with Crippen LogP contribution in [0.1, 0.15) is 11.1 Å². The van der Waals surface area contributed by atoms with Crippen LogP contribution in [0, 0.1) is 0 Å². The molecule has 0 aliphatic heterocycles. The summed E-state index contributed by atoms with van der Waals surface area (Å²) in [6.45, 7) is -0.227. The number of ether oxygens (including phenoxy) is 1. The third kappa shape index (κ3) is 6.49. The number of hydrogen-bond donors (Lipinski definition) is 1. The summed E-state index contributed by atoms with van der Waals surface area (Å²) in [6, 6.07) is 24.2. The molecule has 0 fully saturated rings. The fourth-order valence-corrected chi connectivity index (χ4v) is 2.90. The molecule has 0 radical (unpaired) electrons. The van der Waals surface area contributed by atoms with Gasteiger partial charge in [0.15, 0.2) is 6.61 Å². The summed E-state index contributed by atoms with van der Waals surface area (Å²) in [5.41, 5.74) is 5.05. The van der Waals surface area contributed by atoms with Crippen LogP contribution in [-0.4, -0.2) is 18.2 Å². The first-order valence-corrected chi connectivity index (χ1v) is 9.60. The van der Waals surface area contributed by atoms with Gasteiger partial charge < -0.3 is 4.74 Å². The van der Waals surface area contributed by atoms with Gasteiger partial charge in [0.1, 0.15) is 5.75 Å². The van der Waals surface area contributed by atoms with Crippen LogP contribution in [0.5, 0.6) is 5.75 Å². The maximum atomic E-state index is 12.2. The second kappa shape index (κ2) is 10.5. The Morgan fingerprint density at radius 2 is 1.66 bits per heavy atom. The number of nitrogens with one attached hydrogen (secondary N) is 1. The second-order valence-corrected chi connectivity index (χ2v) is 6.85. The maximum absolute atomic E-state index is 12.2. The molecule has 0 aliphatic rings. The van der Waals surface area contributed by atoms with E-state index >= 15 is 0 Å². The van der Waals surface area contributed by atoms with Gasteiger partial charge >= 0.3 is 0 Å². The Labute approximate surface area is 179 Å². The van der Waals surface area contributed by atoms with Crippen molar-refractivity contribution in [1.29, 1.82) is 0 Å². The fourth-order valence-electron chi connectivity index (χ4n) is 2.44. The van der Waals surface area contributed by atoms with E-state index in [9.17, 15) is 4.79 Å². The number of amides is 1. The predicted octanol–water partition coefficient (Wildman–Crippen LogP) is 5.61. The van der Waals surface area contributed by atoms with E-state index in [1.54, 1.807) is 18.2 Å². The van der Waals surface area contributed by atoms with Crippen molar-refractivity contribution in [3.8, 4) is 5.75 Å². The highest BCUT2D eigenvalue weighted by Gasteiger charge is 2.07. The average Bonchev–Trinajstić information content (AvgIpc) is 2.74. The molecule has 0 spiro atoms. The summed E-state index contributed by atoms with van der Waals surface area (Å²) in [6.07, 6.45) is 3.78. The van der Waals surface area contributed by atoms with Crippen molar-refractivity contribution in [2.75, 3.05) is 6.61 Å². The molecule has 0 saturated heterocycles. The van der Waals surface area contributed by atoms with Crippen LogP contribution in [-0.2, 0) is 4.79 Å². The first kappa shape index (κ1) is 20.6. The number of carbonyl (C=O) groups is 1. The zero-order valence-corrected chi connectivity index (χ0v) is 16.9. The van der Waals surface area contributed by atoms with Gasteiger partial charge in [0.2, 0.25) is 0 Å². The molecule has 0 heterocycles. The Balaban J connectivity index is 1.68. The Kier molecular flexibility index (Phi) is 7.45. The lowest BCUT2D eigenvalue weighted by Gasteiger charge is -2.08. The third-order valence-corrected chi connectivity index (χ3v) is 4.39. The topological polar surface area (TPSA) is 50.7 Å². The van der Waals surface area contributed by atoms with Gasteiger partial charge in [0.25, 0.3) is 5.91 Å². The van der Waals surface area contributed by atoms with Crippen LogP contribution in [0.4, 0.5) is 0 Å². The summed E-state index contributed by atoms with van der Waals surface area (Å²) in [5, 5.41) is 5.09. The van der Waals surface area contributed by atoms with Crippen molar-refractivity contribution in [1.82, 2.24) is 5.43 Å². The zero-order chi connectivity index (χ0) is 20.5. The van der Waals surface area contributed by atoms with Crippen LogP contribution >= 0.6 is 23.2 Å². The van der Waals surface area contributed by atoms with Crippen LogP contribution in [0.2, 0.25) is 10.0 Å². The van der Waals surface area contributed by atoms with Crippen molar-refractivity contribution in [2.45, 2.75) is 0 Å². The van der Waals surface area contributed by atoms with Gasteiger partial charge in [-0.15, -0.1) is 0 Å². The second-order valence-electron chi connectivity index (χ2n) is 6.01. The molecule has 0 aliphatic carbocycles. The van der Waals surface area contributed by atoms with Gasteiger partial charge in [-0.25, -0.2) is 5.43 Å². The van der Waals surface area contributed by atoms with Crippen LogP contribution in [0.3, 0.4) is 0 Å². The van der Waals surface area contributed by atoms with Crippen LogP contribution < -0.4 is 10.2 Å². The number of rotatable bonds is 7. The molecule has 146 valence electrons. The molecule has 1 N–H and O–H groups in total. The van der Waals surface area contributed by atoms with Gasteiger partial charge in [-0.1, -0.05) is 89.9 Å². The van der Waals surface area contributed by atoms with Crippen molar-refractivity contribution < 1.29 is 9.53 Å². The number of allylic oxidation sites excluding steroid dienone is 1. The number of benzene rings is 3. The number of hydrogen-bond acceptors (Lipinski definition) is 3. The lowest BCUT2D eigenvalue weighted by molar-refractivity contribution is -0.123. The van der Waals surface area contributed by atoms with E-state index in [4.69, 9.17) is 27.9 Å². The highest BCUT2D eigenvalue weighted by molar-refractivity contribution is 6.35. The molecule has 0 aromatic heterocycles. The first-order valence-electron chi connectivity index (χ1n) is 8.85. The van der Waals surface area contributed by atoms with E-state index in [-0.39, 0.29) is 6.61 Å². The smallest absolute Gasteiger partial charge is 0.277 e. The summed E-state index contributed by atoms with van der Waals surface area (Å²) in [7, 11) is 0. The number of nitrogens with zero attached hydrogens (tertiary/aromatic N) is 1. The fraction of sp³-hybridized carbons (Fsp3) is 0.0435. The average molecular weight is 425 g/mol. The van der Waals surface area contributed by atoms with E-state index in [2.05, 4.69) is 10.5 Å². The third-order valence-electron chi connectivity index (χ3n) is 3.86. The lowest BCUT2D eigenvalue weighted by atomic mass is 10.1. The molecular weight excluding hydrogens is 407 g/mol. The highest BCUT2D eigenvalue weighted by atomic mass is 35.5. The van der Waals surface area contributed by atoms with E-state index < -0.39 is 5.91 Å². The summed E-state index contributed by atoms with van der Waals surface area (Å²) in [4.78, 5) is 12.2. The standard InChI is InChI=1S/C23H18Cl2N2O2/c24-19-12-14-22(20(25)15-19)29-16-23(28)27-26-21(18-9-5-2-6-10-18)13-11-17-7-3-1-4-8-17/h1-15H,16H2,(H,27,28)/b13-11+,26-21+. The minimum absolute atomic E-state index is 0.227. The predicted molar refractivity (Wildman–Crippen MR) is 119 cm³/mol. The first-order chi connectivity index (χ1) is 14.1. The van der Waals surface area contributed by atoms with Crippen LogP contribution in [0.25, 0.3) is 6.08 Å². The minimum Gasteiger partial charge on any atom is -0.482 e. The van der Waals surface area contributed by atoms with Crippen molar-refractivity contribution in [3.63, 3.8) is 0 Å². The molecular formula is C23H18Cl2N2O2. The molecule has 3 aromatic carbocycles. The van der Waals surface area contributed by atoms with Gasteiger partial charge in [-0.2, -0.15) is 5.10 Å². The van der Waals surface area contributed by atoms with E-state index in [1.165, 1.54) is 0 Å². The molecule has 0 unspecified atom stereocenters. The van der Waals surface area contributed by atoms with Gasteiger partial charge in [-0.3, -0.25) is 4.79 Å². The van der Waals surface area contributed by atoms with E-state index in [1.807, 2.05) is 72.8 Å². The van der Waals surface area contributed by atoms with Crippen molar-refractivity contribution in [2.24, 2.45) is 5.10 Å².